The van der Waals surface area contributed by atoms with Gasteiger partial charge in [-0.15, -0.1) is 5.10 Å². The van der Waals surface area contributed by atoms with Gasteiger partial charge in [-0.2, -0.15) is 0 Å². The molecule has 0 aromatic carbocycles. The van der Waals surface area contributed by atoms with Gasteiger partial charge in [0.05, 0.1) is 12.7 Å². The third-order valence-electron chi connectivity index (χ3n) is 4.84. The van der Waals surface area contributed by atoms with Gasteiger partial charge in [-0.3, -0.25) is 9.48 Å². The molecule has 1 unspecified atom stereocenters. The van der Waals surface area contributed by atoms with E-state index in [9.17, 15) is 13.6 Å². The zero-order valence-corrected chi connectivity index (χ0v) is 13.3. The van der Waals surface area contributed by atoms with E-state index in [1.807, 2.05) is 6.92 Å². The fraction of sp³-hybridized carbons (Fsp3) is 0.800. The minimum Gasteiger partial charge on any atom is -0.345 e. The first kappa shape index (κ1) is 16.3. The molecule has 0 radical (unpaired) electrons. The summed E-state index contributed by atoms with van der Waals surface area (Å²) in [5.41, 5.74) is -0.364. The lowest BCUT2D eigenvalue weighted by molar-refractivity contribution is -0.0522. The maximum Gasteiger partial charge on any atom is 0.273 e. The fourth-order valence-corrected chi connectivity index (χ4v) is 3.26. The molecule has 1 aromatic heterocycles. The predicted molar refractivity (Wildman–Crippen MR) is 80.3 cm³/mol. The summed E-state index contributed by atoms with van der Waals surface area (Å²) in [6.45, 7) is 3.51. The highest BCUT2D eigenvalue weighted by Gasteiger charge is 2.41. The summed E-state index contributed by atoms with van der Waals surface area (Å²) in [5, 5.41) is 14.1. The number of amides is 1. The molecule has 128 valence electrons. The van der Waals surface area contributed by atoms with Crippen molar-refractivity contribution in [2.75, 3.05) is 6.54 Å². The molecule has 23 heavy (non-hydrogen) atoms. The third-order valence-corrected chi connectivity index (χ3v) is 4.84. The summed E-state index contributed by atoms with van der Waals surface area (Å²) in [7, 11) is 0. The standard InChI is InChI=1S/C15H23F2N5O/c1-14(4-6-15(16,17)7-5-14)19-13(23)12-10-22(21-20-12)9-11-3-2-8-18-11/h10-11,18H,2-9H2,1H3,(H,19,23). The topological polar surface area (TPSA) is 71.8 Å². The second-order valence-electron chi connectivity index (χ2n) is 6.99. The van der Waals surface area contributed by atoms with Gasteiger partial charge in [0, 0.05) is 24.4 Å². The molecule has 3 rings (SSSR count). The molecule has 1 saturated carbocycles. The van der Waals surface area contributed by atoms with Crippen molar-refractivity contribution in [2.45, 2.75) is 69.5 Å². The quantitative estimate of drug-likeness (QED) is 0.883. The van der Waals surface area contributed by atoms with Crippen LogP contribution in [0.5, 0.6) is 0 Å². The highest BCUT2D eigenvalue weighted by molar-refractivity contribution is 5.92. The maximum atomic E-state index is 13.3. The Labute approximate surface area is 134 Å². The van der Waals surface area contributed by atoms with Crippen molar-refractivity contribution in [3.8, 4) is 0 Å². The molecule has 8 heteroatoms. The van der Waals surface area contributed by atoms with Gasteiger partial charge in [0.1, 0.15) is 0 Å². The molecule has 0 spiro atoms. The van der Waals surface area contributed by atoms with E-state index in [4.69, 9.17) is 0 Å². The molecule has 0 bridgehead atoms. The second-order valence-corrected chi connectivity index (χ2v) is 6.99. The van der Waals surface area contributed by atoms with Gasteiger partial charge >= 0.3 is 0 Å². The summed E-state index contributed by atoms with van der Waals surface area (Å²) in [4.78, 5) is 12.3. The molecule has 2 N–H and O–H groups in total. The van der Waals surface area contributed by atoms with E-state index in [0.29, 0.717) is 12.6 Å². The molecule has 1 saturated heterocycles. The van der Waals surface area contributed by atoms with Crippen molar-refractivity contribution in [2.24, 2.45) is 0 Å². The van der Waals surface area contributed by atoms with E-state index >= 15 is 0 Å². The number of hydrogen-bond acceptors (Lipinski definition) is 4. The van der Waals surface area contributed by atoms with Crippen LogP contribution in [0.2, 0.25) is 0 Å². The molecule has 1 amide bonds. The van der Waals surface area contributed by atoms with Gasteiger partial charge in [0.15, 0.2) is 5.69 Å². The van der Waals surface area contributed by atoms with Crippen LogP contribution in [0.4, 0.5) is 8.78 Å². The Hall–Kier alpha value is -1.57. The van der Waals surface area contributed by atoms with Crippen molar-refractivity contribution in [1.82, 2.24) is 25.6 Å². The number of nitrogens with one attached hydrogen (secondary N) is 2. The lowest BCUT2D eigenvalue weighted by atomic mass is 9.81. The normalized spacial score (nSPS) is 26.1. The van der Waals surface area contributed by atoms with E-state index in [1.54, 1.807) is 10.9 Å². The number of halogens is 2. The largest absolute Gasteiger partial charge is 0.345 e. The molecule has 2 fully saturated rings. The third kappa shape index (κ3) is 4.04. The molecule has 2 aliphatic rings. The number of aromatic nitrogens is 3. The van der Waals surface area contributed by atoms with Crippen LogP contribution < -0.4 is 10.6 Å². The molecule has 1 atom stereocenters. The first-order valence-electron chi connectivity index (χ1n) is 8.19. The van der Waals surface area contributed by atoms with E-state index in [-0.39, 0.29) is 37.3 Å². The van der Waals surface area contributed by atoms with Crippen LogP contribution in [0.1, 0.15) is 55.9 Å². The number of carbonyl (C=O) groups excluding carboxylic acids is 1. The van der Waals surface area contributed by atoms with Gasteiger partial charge in [-0.1, -0.05) is 5.21 Å². The van der Waals surface area contributed by atoms with E-state index in [2.05, 4.69) is 20.9 Å². The number of carbonyl (C=O) groups is 1. The number of nitrogens with zero attached hydrogens (tertiary/aromatic N) is 3. The Morgan fingerprint density at radius 1 is 1.43 bits per heavy atom. The summed E-state index contributed by atoms with van der Waals surface area (Å²) in [6, 6.07) is 0.366. The highest BCUT2D eigenvalue weighted by atomic mass is 19.3. The summed E-state index contributed by atoms with van der Waals surface area (Å²) >= 11 is 0. The monoisotopic (exact) mass is 327 g/mol. The van der Waals surface area contributed by atoms with Crippen LogP contribution >= 0.6 is 0 Å². The van der Waals surface area contributed by atoms with Crippen LogP contribution in [0, 0.1) is 0 Å². The molecule has 1 aliphatic heterocycles. The first-order valence-corrected chi connectivity index (χ1v) is 8.19. The zero-order chi connectivity index (χ0) is 16.5. The van der Waals surface area contributed by atoms with E-state index < -0.39 is 11.5 Å². The lowest BCUT2D eigenvalue weighted by Gasteiger charge is -2.37. The van der Waals surface area contributed by atoms with Crippen molar-refractivity contribution >= 4 is 5.91 Å². The summed E-state index contributed by atoms with van der Waals surface area (Å²) < 4.78 is 28.2. The van der Waals surface area contributed by atoms with Crippen LogP contribution in [0.25, 0.3) is 0 Å². The Morgan fingerprint density at radius 2 is 2.17 bits per heavy atom. The van der Waals surface area contributed by atoms with Crippen LogP contribution in [-0.4, -0.2) is 44.9 Å². The number of hydrogen-bond donors (Lipinski definition) is 2. The predicted octanol–water partition coefficient (Wildman–Crippen LogP) is 1.73. The summed E-state index contributed by atoms with van der Waals surface area (Å²) in [6.07, 6.45) is 4.02. The van der Waals surface area contributed by atoms with Crippen LogP contribution in [-0.2, 0) is 6.54 Å². The van der Waals surface area contributed by atoms with Gasteiger partial charge in [0.2, 0.25) is 5.92 Å². The van der Waals surface area contributed by atoms with Crippen LogP contribution in [0.3, 0.4) is 0 Å². The molecule has 6 nitrogen and oxygen atoms in total. The van der Waals surface area contributed by atoms with Gasteiger partial charge in [-0.05, 0) is 39.2 Å². The minimum atomic E-state index is -2.61. The highest BCUT2D eigenvalue weighted by Crippen LogP contribution is 2.38. The van der Waals surface area contributed by atoms with Crippen molar-refractivity contribution in [1.29, 1.82) is 0 Å². The average molecular weight is 327 g/mol. The number of rotatable bonds is 4. The molecular weight excluding hydrogens is 304 g/mol. The fourth-order valence-electron chi connectivity index (χ4n) is 3.26. The van der Waals surface area contributed by atoms with Gasteiger partial charge in [-0.25, -0.2) is 8.78 Å². The molecule has 2 heterocycles. The van der Waals surface area contributed by atoms with Crippen LogP contribution in [0.15, 0.2) is 6.20 Å². The zero-order valence-electron chi connectivity index (χ0n) is 13.3. The van der Waals surface area contributed by atoms with Gasteiger partial charge < -0.3 is 10.6 Å². The Balaban J connectivity index is 1.57. The van der Waals surface area contributed by atoms with E-state index in [1.165, 1.54) is 0 Å². The average Bonchev–Trinajstić information content (AvgIpc) is 3.15. The Kier molecular flexibility index (Phi) is 4.35. The van der Waals surface area contributed by atoms with E-state index in [0.717, 1.165) is 19.4 Å². The second kappa shape index (κ2) is 6.14. The molecular formula is C15H23F2N5O. The SMILES string of the molecule is CC1(NC(=O)c2cn(CC3CCCN3)nn2)CCC(F)(F)CC1. The Morgan fingerprint density at radius 3 is 2.83 bits per heavy atom. The summed E-state index contributed by atoms with van der Waals surface area (Å²) in [5.74, 6) is -2.95. The Bertz CT molecular complexity index is 558. The van der Waals surface area contributed by atoms with Crippen molar-refractivity contribution < 1.29 is 13.6 Å². The lowest BCUT2D eigenvalue weighted by Crippen LogP contribution is -2.50. The first-order chi connectivity index (χ1) is 10.9. The molecule has 1 aliphatic carbocycles. The minimum absolute atomic E-state index is 0.191. The number of alkyl halides is 2. The maximum absolute atomic E-state index is 13.3. The smallest absolute Gasteiger partial charge is 0.273 e. The van der Waals surface area contributed by atoms with Crippen molar-refractivity contribution in [3.63, 3.8) is 0 Å². The van der Waals surface area contributed by atoms with Crippen molar-refractivity contribution in [3.05, 3.63) is 11.9 Å². The van der Waals surface area contributed by atoms with Gasteiger partial charge in [0.25, 0.3) is 5.91 Å². The molecule has 1 aromatic rings.